The molecule has 0 fully saturated rings. The topological polar surface area (TPSA) is 27.1 Å². The van der Waals surface area contributed by atoms with Crippen LogP contribution in [0.2, 0.25) is 0 Å². The summed E-state index contributed by atoms with van der Waals surface area (Å²) in [5.74, 6) is -0.356. The van der Waals surface area contributed by atoms with E-state index in [1.54, 1.807) is 13.3 Å². The molecule has 1 aliphatic carbocycles. The zero-order chi connectivity index (χ0) is 16.6. The molecule has 0 amide bonds. The SMILES string of the molecule is COC1=C(C)C(n2cccn2)C(C)=C(c2ccc(F)cc2F)C1. The molecule has 5 heteroatoms. The quantitative estimate of drug-likeness (QED) is 0.833. The molecule has 3 rings (SSSR count). The Morgan fingerprint density at radius 3 is 2.61 bits per heavy atom. The number of nitrogens with zero attached hydrogens (tertiary/aromatic N) is 2. The van der Waals surface area contributed by atoms with Gasteiger partial charge in [0.15, 0.2) is 0 Å². The van der Waals surface area contributed by atoms with Gasteiger partial charge in [-0.2, -0.15) is 5.10 Å². The van der Waals surface area contributed by atoms with Crippen molar-refractivity contribution in [3.8, 4) is 0 Å². The maximum absolute atomic E-state index is 14.3. The van der Waals surface area contributed by atoms with Crippen molar-refractivity contribution in [3.63, 3.8) is 0 Å². The minimum atomic E-state index is -0.581. The second kappa shape index (κ2) is 5.99. The minimum Gasteiger partial charge on any atom is -0.501 e. The maximum Gasteiger partial charge on any atom is 0.133 e. The van der Waals surface area contributed by atoms with Crippen molar-refractivity contribution < 1.29 is 13.5 Å². The van der Waals surface area contributed by atoms with E-state index in [1.165, 1.54) is 12.1 Å². The van der Waals surface area contributed by atoms with Crippen LogP contribution in [0.1, 0.15) is 31.9 Å². The van der Waals surface area contributed by atoms with Gasteiger partial charge in [-0.1, -0.05) is 0 Å². The molecule has 0 bridgehead atoms. The van der Waals surface area contributed by atoms with Gasteiger partial charge in [-0.25, -0.2) is 8.78 Å². The standard InChI is InChI=1S/C18H18F2N2O/c1-11-15(14-6-5-13(19)9-16(14)20)10-17(23-3)12(2)18(11)22-8-4-7-21-22/h4-9,18H,10H2,1-3H3. The van der Waals surface area contributed by atoms with Gasteiger partial charge in [0.1, 0.15) is 17.4 Å². The fourth-order valence-corrected chi connectivity index (χ4v) is 3.19. The molecule has 120 valence electrons. The summed E-state index contributed by atoms with van der Waals surface area (Å²) < 4.78 is 34.8. The van der Waals surface area contributed by atoms with E-state index >= 15 is 0 Å². The molecular weight excluding hydrogens is 298 g/mol. The van der Waals surface area contributed by atoms with Gasteiger partial charge in [0.05, 0.1) is 13.2 Å². The molecule has 23 heavy (non-hydrogen) atoms. The predicted molar refractivity (Wildman–Crippen MR) is 84.5 cm³/mol. The van der Waals surface area contributed by atoms with Gasteiger partial charge in [0.2, 0.25) is 0 Å². The number of hydrogen-bond donors (Lipinski definition) is 0. The van der Waals surface area contributed by atoms with Crippen molar-refractivity contribution in [2.45, 2.75) is 26.3 Å². The van der Waals surface area contributed by atoms with Crippen LogP contribution in [-0.2, 0) is 4.74 Å². The summed E-state index contributed by atoms with van der Waals surface area (Å²) >= 11 is 0. The largest absolute Gasteiger partial charge is 0.501 e. The Bertz CT molecular complexity index is 791. The summed E-state index contributed by atoms with van der Waals surface area (Å²) in [5, 5.41) is 4.31. The molecule has 2 aromatic rings. The molecule has 1 aromatic heterocycles. The lowest BCUT2D eigenvalue weighted by molar-refractivity contribution is 0.273. The van der Waals surface area contributed by atoms with Gasteiger partial charge in [0, 0.05) is 30.4 Å². The minimum absolute atomic E-state index is 0.131. The zero-order valence-corrected chi connectivity index (χ0v) is 13.3. The fraction of sp³-hybridized carbons (Fsp3) is 0.278. The lowest BCUT2D eigenvalue weighted by Crippen LogP contribution is -2.19. The van der Waals surface area contributed by atoms with E-state index in [0.29, 0.717) is 12.0 Å². The van der Waals surface area contributed by atoms with Gasteiger partial charge in [-0.15, -0.1) is 0 Å². The molecule has 1 aliphatic rings. The van der Waals surface area contributed by atoms with Crippen molar-refractivity contribution in [1.29, 1.82) is 0 Å². The van der Waals surface area contributed by atoms with E-state index in [2.05, 4.69) is 5.10 Å². The first-order valence-corrected chi connectivity index (χ1v) is 7.40. The molecule has 0 saturated heterocycles. The van der Waals surface area contributed by atoms with Gasteiger partial charge in [0.25, 0.3) is 0 Å². The number of hydrogen-bond acceptors (Lipinski definition) is 2. The second-order valence-electron chi connectivity index (χ2n) is 5.66. The summed E-state index contributed by atoms with van der Waals surface area (Å²) in [6, 6.07) is 5.39. The highest BCUT2D eigenvalue weighted by molar-refractivity contribution is 5.73. The van der Waals surface area contributed by atoms with Crippen LogP contribution >= 0.6 is 0 Å². The van der Waals surface area contributed by atoms with Crippen LogP contribution in [0.15, 0.2) is 53.6 Å². The first kappa shape index (κ1) is 15.5. The number of halogens is 2. The van der Waals surface area contributed by atoms with Crippen LogP contribution in [0.5, 0.6) is 0 Å². The van der Waals surface area contributed by atoms with Crippen molar-refractivity contribution in [2.75, 3.05) is 7.11 Å². The fourth-order valence-electron chi connectivity index (χ4n) is 3.19. The van der Waals surface area contributed by atoms with E-state index in [-0.39, 0.29) is 6.04 Å². The number of aromatic nitrogens is 2. The van der Waals surface area contributed by atoms with Crippen LogP contribution in [0.4, 0.5) is 8.78 Å². The maximum atomic E-state index is 14.3. The summed E-state index contributed by atoms with van der Waals surface area (Å²) in [6.07, 6.45) is 4.06. The second-order valence-corrected chi connectivity index (χ2v) is 5.66. The molecule has 0 radical (unpaired) electrons. The van der Waals surface area contributed by atoms with Gasteiger partial charge < -0.3 is 4.74 Å². The number of allylic oxidation sites excluding steroid dienone is 3. The third kappa shape index (κ3) is 2.67. The lowest BCUT2D eigenvalue weighted by atomic mass is 9.84. The highest BCUT2D eigenvalue weighted by Gasteiger charge is 2.29. The number of rotatable bonds is 3. The highest BCUT2D eigenvalue weighted by Crippen LogP contribution is 2.42. The lowest BCUT2D eigenvalue weighted by Gasteiger charge is -2.30. The van der Waals surface area contributed by atoms with Crippen molar-refractivity contribution in [3.05, 3.63) is 70.8 Å². The van der Waals surface area contributed by atoms with Crippen LogP contribution in [0.25, 0.3) is 5.57 Å². The summed E-state index contributed by atoms with van der Waals surface area (Å²) in [7, 11) is 1.61. The summed E-state index contributed by atoms with van der Waals surface area (Å²) in [5.41, 5.74) is 3.24. The first-order valence-electron chi connectivity index (χ1n) is 7.40. The Labute approximate surface area is 133 Å². The Balaban J connectivity index is 2.16. The van der Waals surface area contributed by atoms with Crippen molar-refractivity contribution in [1.82, 2.24) is 9.78 Å². The molecule has 0 N–H and O–H groups in total. The summed E-state index contributed by atoms with van der Waals surface area (Å²) in [4.78, 5) is 0. The van der Waals surface area contributed by atoms with E-state index in [1.807, 2.05) is 30.8 Å². The molecule has 0 aliphatic heterocycles. The average molecular weight is 316 g/mol. The van der Waals surface area contributed by atoms with Gasteiger partial charge in [-0.3, -0.25) is 4.68 Å². The smallest absolute Gasteiger partial charge is 0.133 e. The molecule has 1 unspecified atom stereocenters. The van der Waals surface area contributed by atoms with Gasteiger partial charge in [-0.05, 0) is 48.8 Å². The van der Waals surface area contributed by atoms with Crippen molar-refractivity contribution >= 4 is 5.57 Å². The number of ether oxygens (including phenoxy) is 1. The average Bonchev–Trinajstić information content (AvgIpc) is 3.03. The van der Waals surface area contributed by atoms with Crippen LogP contribution < -0.4 is 0 Å². The molecule has 1 atom stereocenters. The Morgan fingerprint density at radius 2 is 2.00 bits per heavy atom. The third-order valence-electron chi connectivity index (χ3n) is 4.37. The number of methoxy groups -OCH3 is 1. The molecule has 0 spiro atoms. The van der Waals surface area contributed by atoms with E-state index in [4.69, 9.17) is 4.74 Å². The zero-order valence-electron chi connectivity index (χ0n) is 13.3. The summed E-state index contributed by atoms with van der Waals surface area (Å²) in [6.45, 7) is 3.95. The highest BCUT2D eigenvalue weighted by atomic mass is 19.1. The Hall–Kier alpha value is -2.43. The van der Waals surface area contributed by atoms with Gasteiger partial charge >= 0.3 is 0 Å². The molecule has 3 nitrogen and oxygen atoms in total. The molecular formula is C18H18F2N2O. The molecule has 0 saturated carbocycles. The van der Waals surface area contributed by atoms with Crippen LogP contribution in [0, 0.1) is 11.6 Å². The predicted octanol–water partition coefficient (Wildman–Crippen LogP) is 4.50. The van der Waals surface area contributed by atoms with E-state index in [0.717, 1.165) is 28.5 Å². The van der Waals surface area contributed by atoms with Crippen LogP contribution in [-0.4, -0.2) is 16.9 Å². The Morgan fingerprint density at radius 1 is 1.22 bits per heavy atom. The molecule has 1 heterocycles. The third-order valence-corrected chi connectivity index (χ3v) is 4.37. The van der Waals surface area contributed by atoms with Crippen molar-refractivity contribution in [2.24, 2.45) is 0 Å². The molecule has 1 aromatic carbocycles. The van der Waals surface area contributed by atoms with Crippen LogP contribution in [0.3, 0.4) is 0 Å². The first-order chi connectivity index (χ1) is 11.0. The number of benzene rings is 1. The van der Waals surface area contributed by atoms with E-state index < -0.39 is 11.6 Å². The normalized spacial score (nSPS) is 18.6. The Kier molecular flexibility index (Phi) is 4.03. The van der Waals surface area contributed by atoms with E-state index in [9.17, 15) is 8.78 Å². The monoisotopic (exact) mass is 316 g/mol.